The van der Waals surface area contributed by atoms with Crippen LogP contribution < -0.4 is 10.0 Å². The molecule has 2 aliphatic heterocycles. The summed E-state index contributed by atoms with van der Waals surface area (Å²) in [5, 5.41) is 6.29. The lowest BCUT2D eigenvalue weighted by molar-refractivity contribution is 0.243. The number of hydrogen-bond donors (Lipinski definition) is 2. The van der Waals surface area contributed by atoms with Crippen molar-refractivity contribution in [2.24, 2.45) is 0 Å². The predicted octanol–water partition coefficient (Wildman–Crippen LogP) is 4.94. The van der Waals surface area contributed by atoms with Crippen molar-refractivity contribution in [3.63, 3.8) is 0 Å². The van der Waals surface area contributed by atoms with Crippen LogP contribution in [0.3, 0.4) is 0 Å². The third-order valence-electron chi connectivity index (χ3n) is 6.99. The Bertz CT molecular complexity index is 1330. The maximum Gasteiger partial charge on any atom is 0.269 e. The van der Waals surface area contributed by atoms with Gasteiger partial charge in [-0.3, -0.25) is 9.62 Å². The molecule has 7 nitrogen and oxygen atoms in total. The minimum absolute atomic E-state index is 0.00577. The summed E-state index contributed by atoms with van der Waals surface area (Å²) >= 11 is 0. The Kier molecular flexibility index (Phi) is 6.22. The number of sulfonamides is 1. The number of halogens is 3. The quantitative estimate of drug-likeness (QED) is 0.450. The Labute approximate surface area is 201 Å². The summed E-state index contributed by atoms with van der Waals surface area (Å²) in [5.74, 6) is -3.14. The highest BCUT2D eigenvalue weighted by molar-refractivity contribution is 7.92. The van der Waals surface area contributed by atoms with Crippen LogP contribution in [0.1, 0.15) is 42.4 Å². The summed E-state index contributed by atoms with van der Waals surface area (Å²) in [6, 6.07) is 8.05. The summed E-state index contributed by atoms with van der Waals surface area (Å²) in [6.07, 6.45) is 5.75. The third-order valence-corrected chi connectivity index (χ3v) is 8.38. The second-order valence-electron chi connectivity index (χ2n) is 9.03. The first-order valence-corrected chi connectivity index (χ1v) is 12.9. The Morgan fingerprint density at radius 2 is 1.80 bits per heavy atom. The van der Waals surface area contributed by atoms with Crippen LogP contribution >= 0.6 is 0 Å². The van der Waals surface area contributed by atoms with Gasteiger partial charge in [-0.05, 0) is 50.3 Å². The maximum atomic E-state index is 15.1. The van der Waals surface area contributed by atoms with Gasteiger partial charge in [0.15, 0.2) is 16.5 Å². The highest BCUT2D eigenvalue weighted by atomic mass is 32.2. The highest BCUT2D eigenvalue weighted by Gasteiger charge is 2.39. The normalized spacial score (nSPS) is 19.9. The molecule has 5 rings (SSSR count). The van der Waals surface area contributed by atoms with Gasteiger partial charge in [-0.25, -0.2) is 21.6 Å². The molecule has 2 aromatic carbocycles. The Morgan fingerprint density at radius 3 is 2.46 bits per heavy atom. The molecular formula is C24H25F3N4O3S. The molecule has 2 aliphatic rings. The smallest absolute Gasteiger partial charge is 0.269 e. The molecule has 186 valence electrons. The first kappa shape index (κ1) is 23.7. The number of benzene rings is 2. The number of hydrogen-bond acceptors (Lipinski definition) is 6. The minimum atomic E-state index is -4.60. The molecule has 0 radical (unpaired) electrons. The number of aromatic nitrogens is 1. The van der Waals surface area contributed by atoms with Crippen LogP contribution in [0.4, 0.5) is 24.7 Å². The zero-order chi connectivity index (χ0) is 24.7. The van der Waals surface area contributed by atoms with E-state index in [2.05, 4.69) is 19.9 Å². The molecule has 3 heterocycles. The number of nitrogens with zero attached hydrogens (tertiary/aromatic N) is 2. The molecule has 2 bridgehead atoms. The monoisotopic (exact) mass is 506 g/mol. The van der Waals surface area contributed by atoms with Gasteiger partial charge in [0.05, 0.1) is 0 Å². The van der Waals surface area contributed by atoms with Crippen LogP contribution in [0.2, 0.25) is 0 Å². The van der Waals surface area contributed by atoms with E-state index < -0.39 is 32.4 Å². The van der Waals surface area contributed by atoms with Crippen molar-refractivity contribution in [3.05, 3.63) is 70.7 Å². The van der Waals surface area contributed by atoms with Crippen LogP contribution in [0, 0.1) is 24.4 Å². The summed E-state index contributed by atoms with van der Waals surface area (Å²) in [5.41, 5.74) is 1.17. The van der Waals surface area contributed by atoms with Crippen LogP contribution in [-0.4, -0.2) is 30.6 Å². The lowest BCUT2D eigenvalue weighted by atomic mass is 10.0. The summed E-state index contributed by atoms with van der Waals surface area (Å²) in [7, 11) is -4.60. The molecule has 0 saturated carbocycles. The van der Waals surface area contributed by atoms with Crippen molar-refractivity contribution in [2.45, 2.75) is 62.7 Å². The number of anilines is 2. The van der Waals surface area contributed by atoms with Crippen molar-refractivity contribution in [2.75, 3.05) is 10.0 Å². The van der Waals surface area contributed by atoms with Gasteiger partial charge in [0.1, 0.15) is 17.9 Å². The molecule has 2 saturated heterocycles. The molecule has 0 unspecified atom stereocenters. The molecule has 3 aromatic rings. The zero-order valence-corrected chi connectivity index (χ0v) is 19.8. The van der Waals surface area contributed by atoms with E-state index in [1.807, 2.05) is 10.8 Å². The second-order valence-corrected chi connectivity index (χ2v) is 10.6. The fourth-order valence-electron chi connectivity index (χ4n) is 5.19. The molecule has 0 spiro atoms. The molecule has 35 heavy (non-hydrogen) atoms. The molecule has 1 aromatic heterocycles. The predicted molar refractivity (Wildman–Crippen MR) is 124 cm³/mol. The van der Waals surface area contributed by atoms with Gasteiger partial charge in [-0.2, -0.15) is 0 Å². The average molecular weight is 507 g/mol. The Hall–Kier alpha value is -3.05. The second kappa shape index (κ2) is 9.19. The minimum Gasteiger partial charge on any atom is -0.380 e. The van der Waals surface area contributed by atoms with Crippen molar-refractivity contribution in [1.29, 1.82) is 0 Å². The van der Waals surface area contributed by atoms with Crippen LogP contribution in [-0.2, 0) is 23.1 Å². The first-order valence-electron chi connectivity index (χ1n) is 11.4. The summed E-state index contributed by atoms with van der Waals surface area (Å²) in [6.45, 7) is 1.95. The van der Waals surface area contributed by atoms with E-state index >= 15 is 4.39 Å². The molecule has 11 heteroatoms. The summed E-state index contributed by atoms with van der Waals surface area (Å²) in [4.78, 5) is 1.30. The van der Waals surface area contributed by atoms with Gasteiger partial charge < -0.3 is 9.84 Å². The van der Waals surface area contributed by atoms with Crippen LogP contribution in [0.5, 0.6) is 0 Å². The Morgan fingerprint density at radius 1 is 1.09 bits per heavy atom. The van der Waals surface area contributed by atoms with Crippen molar-refractivity contribution in [3.8, 4) is 0 Å². The molecule has 2 fully saturated rings. The van der Waals surface area contributed by atoms with E-state index in [4.69, 9.17) is 0 Å². The van der Waals surface area contributed by atoms with Crippen molar-refractivity contribution >= 4 is 21.5 Å². The topological polar surface area (TPSA) is 87.5 Å². The maximum absolute atomic E-state index is 15.1. The number of rotatable bonds is 8. The van der Waals surface area contributed by atoms with Crippen molar-refractivity contribution in [1.82, 2.24) is 10.1 Å². The van der Waals surface area contributed by atoms with Crippen molar-refractivity contribution < 1.29 is 26.1 Å². The lowest BCUT2D eigenvalue weighted by Crippen LogP contribution is -2.28. The molecular weight excluding hydrogens is 481 g/mol. The van der Waals surface area contributed by atoms with Crippen LogP contribution in [0.25, 0.3) is 0 Å². The standard InChI is InChI=1S/C24H25F3N4O3S/c1-14-21(11-20(26)24(23(14)27)35(32,33)30-22-9-10-34-29-22)28-12-18-15(3-2-4-19(18)25)13-31-16-5-6-17(31)8-7-16/h2-4,9-11,16-17,28H,5-8,12-13H2,1H3,(H,29,30). The number of fused-ring (bicyclic) bond motifs is 2. The van der Waals surface area contributed by atoms with E-state index in [1.165, 1.54) is 19.1 Å². The van der Waals surface area contributed by atoms with Gasteiger partial charge >= 0.3 is 0 Å². The average Bonchev–Trinajstić information content (AvgIpc) is 3.54. The fraction of sp³-hybridized carbons (Fsp3) is 0.375. The molecule has 0 amide bonds. The lowest BCUT2D eigenvalue weighted by Gasteiger charge is -2.24. The van der Waals surface area contributed by atoms with E-state index in [-0.39, 0.29) is 23.6 Å². The van der Waals surface area contributed by atoms with Gasteiger partial charge in [-0.15, -0.1) is 0 Å². The van der Waals surface area contributed by atoms with Gasteiger partial charge in [0.25, 0.3) is 10.0 Å². The highest BCUT2D eigenvalue weighted by Crippen LogP contribution is 2.39. The summed E-state index contributed by atoms with van der Waals surface area (Å²) < 4.78 is 76.3. The van der Waals surface area contributed by atoms with E-state index in [0.29, 0.717) is 24.2 Å². The molecule has 0 atom stereocenters. The Balaban J connectivity index is 1.38. The molecule has 0 aliphatic carbocycles. The van der Waals surface area contributed by atoms with Gasteiger partial charge in [-0.1, -0.05) is 17.3 Å². The SMILES string of the molecule is Cc1c(NCc2c(F)cccc2CN2C3CCC2CC3)cc(F)c(S(=O)(=O)Nc2ccon2)c1F. The first-order chi connectivity index (χ1) is 16.7. The largest absolute Gasteiger partial charge is 0.380 e. The van der Waals surface area contributed by atoms with Gasteiger partial charge in [0.2, 0.25) is 0 Å². The number of nitrogens with one attached hydrogen (secondary N) is 2. The van der Waals surface area contributed by atoms with Crippen LogP contribution in [0.15, 0.2) is 46.0 Å². The molecule has 2 N–H and O–H groups in total. The fourth-order valence-corrected chi connectivity index (χ4v) is 6.37. The van der Waals surface area contributed by atoms with E-state index in [1.54, 1.807) is 6.07 Å². The van der Waals surface area contributed by atoms with E-state index in [0.717, 1.165) is 43.6 Å². The van der Waals surface area contributed by atoms with Gasteiger partial charge in [0, 0.05) is 48.1 Å². The van der Waals surface area contributed by atoms with E-state index in [9.17, 15) is 17.2 Å². The zero-order valence-electron chi connectivity index (χ0n) is 19.0. The third kappa shape index (κ3) is 4.50.